The van der Waals surface area contributed by atoms with E-state index in [0.29, 0.717) is 36.9 Å². The number of amides is 2. The van der Waals surface area contributed by atoms with Gasteiger partial charge in [0.1, 0.15) is 11.8 Å². The van der Waals surface area contributed by atoms with Crippen LogP contribution < -0.4 is 5.32 Å². The number of likely N-dealkylation sites (tertiary alicyclic amines) is 1. The molecule has 2 aromatic carbocycles. The largest absolute Gasteiger partial charge is 0.508 e. The Morgan fingerprint density at radius 2 is 1.70 bits per heavy atom. The van der Waals surface area contributed by atoms with E-state index in [9.17, 15) is 14.7 Å². The minimum atomic E-state index is -0.512. The first-order valence-electron chi connectivity index (χ1n) is 10.8. The lowest BCUT2D eigenvalue weighted by molar-refractivity contribution is -0.134. The van der Waals surface area contributed by atoms with Gasteiger partial charge in [-0.05, 0) is 67.3 Å². The maximum Gasteiger partial charge on any atom is 0.252 e. The van der Waals surface area contributed by atoms with Crippen molar-refractivity contribution in [3.63, 3.8) is 0 Å². The molecule has 0 saturated carbocycles. The van der Waals surface area contributed by atoms with Crippen molar-refractivity contribution < 1.29 is 14.7 Å². The van der Waals surface area contributed by atoms with Gasteiger partial charge in [-0.25, -0.2) is 0 Å². The fourth-order valence-electron chi connectivity index (χ4n) is 4.16. The predicted molar refractivity (Wildman–Crippen MR) is 119 cm³/mol. The number of rotatable bonds is 6. The van der Waals surface area contributed by atoms with Crippen LogP contribution in [-0.4, -0.2) is 41.0 Å². The number of phenols is 1. The Labute approximate surface area is 179 Å². The second-order valence-corrected chi connectivity index (χ2v) is 8.66. The van der Waals surface area contributed by atoms with Gasteiger partial charge in [-0.2, -0.15) is 0 Å². The van der Waals surface area contributed by atoms with Crippen LogP contribution in [0.25, 0.3) is 0 Å². The predicted octanol–water partition coefficient (Wildman–Crippen LogP) is 4.25. The maximum atomic E-state index is 13.3. The van der Waals surface area contributed by atoms with Crippen molar-refractivity contribution in [1.29, 1.82) is 0 Å². The fraction of sp³-hybridized carbons (Fsp3) is 0.440. The van der Waals surface area contributed by atoms with Crippen molar-refractivity contribution in [3.05, 3.63) is 65.2 Å². The van der Waals surface area contributed by atoms with Crippen LogP contribution >= 0.6 is 0 Å². The van der Waals surface area contributed by atoms with Crippen LogP contribution in [0, 0.1) is 12.8 Å². The Balaban J connectivity index is 1.64. The van der Waals surface area contributed by atoms with E-state index in [1.54, 1.807) is 18.2 Å². The van der Waals surface area contributed by atoms with Gasteiger partial charge in [-0.1, -0.05) is 44.2 Å². The summed E-state index contributed by atoms with van der Waals surface area (Å²) in [4.78, 5) is 27.9. The van der Waals surface area contributed by atoms with Gasteiger partial charge in [0.05, 0.1) is 0 Å². The molecule has 2 amide bonds. The third-order valence-electron chi connectivity index (χ3n) is 5.87. The third kappa shape index (κ3) is 5.41. The third-order valence-corrected chi connectivity index (χ3v) is 5.87. The fourth-order valence-corrected chi connectivity index (χ4v) is 4.16. The average molecular weight is 409 g/mol. The van der Waals surface area contributed by atoms with Crippen LogP contribution in [-0.2, 0) is 4.79 Å². The van der Waals surface area contributed by atoms with E-state index < -0.39 is 6.04 Å². The summed E-state index contributed by atoms with van der Waals surface area (Å²) in [5.41, 5.74) is 2.72. The quantitative estimate of drug-likeness (QED) is 0.751. The van der Waals surface area contributed by atoms with E-state index in [1.807, 2.05) is 42.2 Å². The molecule has 1 fully saturated rings. The summed E-state index contributed by atoms with van der Waals surface area (Å²) in [6, 6.07) is 14.3. The lowest BCUT2D eigenvalue weighted by Crippen LogP contribution is -2.51. The van der Waals surface area contributed by atoms with Crippen molar-refractivity contribution in [3.8, 4) is 5.75 Å². The Hall–Kier alpha value is -2.82. The van der Waals surface area contributed by atoms with Crippen molar-refractivity contribution in [2.45, 2.75) is 52.0 Å². The second-order valence-electron chi connectivity index (χ2n) is 8.66. The number of carbonyl (C=O) groups excluding carboxylic acids is 2. The van der Waals surface area contributed by atoms with E-state index in [4.69, 9.17) is 0 Å². The molecule has 2 N–H and O–H groups in total. The maximum absolute atomic E-state index is 13.3. The summed E-state index contributed by atoms with van der Waals surface area (Å²) in [6.45, 7) is 7.40. The number of hydrogen-bond donors (Lipinski definition) is 2. The van der Waals surface area contributed by atoms with Gasteiger partial charge < -0.3 is 15.3 Å². The number of aromatic hydroxyl groups is 1. The molecule has 30 heavy (non-hydrogen) atoms. The molecule has 5 heteroatoms. The number of nitrogens with zero attached hydrogens (tertiary/aromatic N) is 1. The van der Waals surface area contributed by atoms with Crippen molar-refractivity contribution in [2.75, 3.05) is 13.1 Å². The highest BCUT2D eigenvalue weighted by atomic mass is 16.3. The minimum absolute atomic E-state index is 0.00907. The molecule has 5 nitrogen and oxygen atoms in total. The lowest BCUT2D eigenvalue weighted by Gasteiger charge is -2.35. The molecule has 1 aliphatic rings. The Morgan fingerprint density at radius 1 is 1.07 bits per heavy atom. The van der Waals surface area contributed by atoms with Crippen LogP contribution in [0.5, 0.6) is 5.75 Å². The molecule has 0 bridgehead atoms. The molecular formula is C25H32N2O3. The van der Waals surface area contributed by atoms with Crippen LogP contribution in [0.3, 0.4) is 0 Å². The summed E-state index contributed by atoms with van der Waals surface area (Å²) in [7, 11) is 0. The first-order valence-corrected chi connectivity index (χ1v) is 10.8. The first-order chi connectivity index (χ1) is 14.3. The van der Waals surface area contributed by atoms with E-state index >= 15 is 0 Å². The molecule has 1 heterocycles. The summed E-state index contributed by atoms with van der Waals surface area (Å²) in [5, 5.41) is 12.5. The highest BCUT2D eigenvalue weighted by Crippen LogP contribution is 2.29. The zero-order valence-corrected chi connectivity index (χ0v) is 18.1. The standard InChI is InChI=1S/C25H32N2O3/c1-17(2)16-23(26-24(29)22-7-5-4-6-18(22)3)25(30)27-14-12-20(13-15-27)19-8-10-21(28)11-9-19/h4-11,17,20,23,28H,12-16H2,1-3H3,(H,26,29). The van der Waals surface area contributed by atoms with E-state index in [0.717, 1.165) is 18.4 Å². The van der Waals surface area contributed by atoms with Gasteiger partial charge in [0.15, 0.2) is 0 Å². The zero-order chi connectivity index (χ0) is 21.7. The van der Waals surface area contributed by atoms with Crippen molar-refractivity contribution in [1.82, 2.24) is 10.2 Å². The monoisotopic (exact) mass is 408 g/mol. The van der Waals surface area contributed by atoms with E-state index in [2.05, 4.69) is 19.2 Å². The molecule has 2 aromatic rings. The number of benzene rings is 2. The smallest absolute Gasteiger partial charge is 0.252 e. The number of aryl methyl sites for hydroxylation is 1. The van der Waals surface area contributed by atoms with Gasteiger partial charge in [-0.15, -0.1) is 0 Å². The molecule has 1 unspecified atom stereocenters. The first kappa shape index (κ1) is 21.9. The molecular weight excluding hydrogens is 376 g/mol. The molecule has 1 atom stereocenters. The highest BCUT2D eigenvalue weighted by Gasteiger charge is 2.30. The van der Waals surface area contributed by atoms with Gasteiger partial charge >= 0.3 is 0 Å². The molecule has 1 saturated heterocycles. The molecule has 1 aliphatic heterocycles. The number of phenolic OH excluding ortho intramolecular Hbond substituents is 1. The summed E-state index contributed by atoms with van der Waals surface area (Å²) < 4.78 is 0. The van der Waals surface area contributed by atoms with Crippen molar-refractivity contribution in [2.24, 2.45) is 5.92 Å². The molecule has 0 aromatic heterocycles. The molecule has 0 aliphatic carbocycles. The SMILES string of the molecule is Cc1ccccc1C(=O)NC(CC(C)C)C(=O)N1CCC(c2ccc(O)cc2)CC1. The molecule has 0 spiro atoms. The van der Waals surface area contributed by atoms with Gasteiger partial charge in [0, 0.05) is 18.7 Å². The van der Waals surface area contributed by atoms with Crippen LogP contribution in [0.15, 0.2) is 48.5 Å². The summed E-state index contributed by atoms with van der Waals surface area (Å²) >= 11 is 0. The minimum Gasteiger partial charge on any atom is -0.508 e. The summed E-state index contributed by atoms with van der Waals surface area (Å²) in [6.07, 6.45) is 2.39. The number of nitrogens with one attached hydrogen (secondary N) is 1. The van der Waals surface area contributed by atoms with Gasteiger partial charge in [0.25, 0.3) is 5.91 Å². The molecule has 160 valence electrons. The number of piperidine rings is 1. The molecule has 0 radical (unpaired) electrons. The van der Waals surface area contributed by atoms with E-state index in [-0.39, 0.29) is 17.6 Å². The normalized spacial score (nSPS) is 15.8. The van der Waals surface area contributed by atoms with Gasteiger partial charge in [0.2, 0.25) is 5.91 Å². The second kappa shape index (κ2) is 9.79. The topological polar surface area (TPSA) is 69.6 Å². The number of hydrogen-bond acceptors (Lipinski definition) is 3. The van der Waals surface area contributed by atoms with Crippen molar-refractivity contribution >= 4 is 11.8 Å². The van der Waals surface area contributed by atoms with Crippen LogP contribution in [0.4, 0.5) is 0 Å². The van der Waals surface area contributed by atoms with E-state index in [1.165, 1.54) is 5.56 Å². The average Bonchev–Trinajstić information content (AvgIpc) is 2.73. The summed E-state index contributed by atoms with van der Waals surface area (Å²) in [5.74, 6) is 0.776. The lowest BCUT2D eigenvalue weighted by atomic mass is 9.89. The Kier molecular flexibility index (Phi) is 7.14. The molecule has 3 rings (SSSR count). The number of carbonyl (C=O) groups is 2. The highest BCUT2D eigenvalue weighted by molar-refractivity contribution is 5.98. The van der Waals surface area contributed by atoms with Crippen LogP contribution in [0.1, 0.15) is 60.5 Å². The Bertz CT molecular complexity index is 868. The Morgan fingerprint density at radius 3 is 2.30 bits per heavy atom. The van der Waals surface area contributed by atoms with Crippen LogP contribution in [0.2, 0.25) is 0 Å². The zero-order valence-electron chi connectivity index (χ0n) is 18.1. The van der Waals surface area contributed by atoms with Gasteiger partial charge in [-0.3, -0.25) is 9.59 Å².